The number of carbonyl (C=O) groups is 4. The minimum atomic E-state index is -0.606. The van der Waals surface area contributed by atoms with E-state index in [0.29, 0.717) is 29.5 Å². The zero-order valence-electron chi connectivity index (χ0n) is 27.9. The molecular formula is C34H46N8O4S. The molecule has 252 valence electrons. The lowest BCUT2D eigenvalue weighted by Gasteiger charge is -2.35. The molecule has 0 spiro atoms. The summed E-state index contributed by atoms with van der Waals surface area (Å²) >= 11 is 1.32. The molecule has 1 saturated carbocycles. The second-order valence-electron chi connectivity index (χ2n) is 13.5. The maximum Gasteiger partial charge on any atom is 0.271 e. The Balaban J connectivity index is 1.53. The van der Waals surface area contributed by atoms with Crippen LogP contribution < -0.4 is 16.0 Å². The van der Waals surface area contributed by atoms with Gasteiger partial charge in [-0.05, 0) is 50.0 Å². The number of thiazole rings is 1. The molecule has 1 fully saturated rings. The van der Waals surface area contributed by atoms with Gasteiger partial charge in [0.1, 0.15) is 23.1 Å². The van der Waals surface area contributed by atoms with Crippen LogP contribution in [0.2, 0.25) is 0 Å². The maximum atomic E-state index is 13.7. The van der Waals surface area contributed by atoms with Crippen LogP contribution >= 0.6 is 11.3 Å². The summed E-state index contributed by atoms with van der Waals surface area (Å²) in [6, 6.07) is 8.30. The molecule has 3 atom stereocenters. The SMILES string of the molecule is Cc1nc2n(n1)CC(=O)N[C@@H](C(C)C)CN(C(=O)C1CCC1)CC(=O)N[C@@H](CC(C)C)c1nc(cs1)C(=O)N[C@H]2Cc1ccccc1. The van der Waals surface area contributed by atoms with E-state index in [2.05, 4.69) is 44.9 Å². The molecule has 47 heavy (non-hydrogen) atoms. The summed E-state index contributed by atoms with van der Waals surface area (Å²) in [6.07, 6.45) is 3.62. The van der Waals surface area contributed by atoms with E-state index in [1.54, 1.807) is 17.2 Å². The van der Waals surface area contributed by atoms with Gasteiger partial charge in [0.15, 0.2) is 5.82 Å². The number of aryl methyl sites for hydroxylation is 1. The van der Waals surface area contributed by atoms with Crippen molar-refractivity contribution < 1.29 is 19.2 Å². The zero-order valence-corrected chi connectivity index (χ0v) is 28.7. The summed E-state index contributed by atoms with van der Waals surface area (Å²) in [6.45, 7) is 9.79. The van der Waals surface area contributed by atoms with Gasteiger partial charge in [-0.3, -0.25) is 19.2 Å². The van der Waals surface area contributed by atoms with Crippen LogP contribution in [0.15, 0.2) is 35.7 Å². The molecule has 0 radical (unpaired) electrons. The van der Waals surface area contributed by atoms with Crippen LogP contribution in [-0.2, 0) is 27.3 Å². The smallest absolute Gasteiger partial charge is 0.271 e. The molecule has 4 amide bonds. The van der Waals surface area contributed by atoms with Crippen LogP contribution in [0, 0.1) is 24.7 Å². The Morgan fingerprint density at radius 1 is 0.957 bits per heavy atom. The third kappa shape index (κ3) is 8.82. The molecule has 1 aromatic carbocycles. The third-order valence-electron chi connectivity index (χ3n) is 8.76. The number of hydrogen-bond acceptors (Lipinski definition) is 8. The minimum absolute atomic E-state index is 0.0196. The van der Waals surface area contributed by atoms with Gasteiger partial charge in [0.05, 0.1) is 18.6 Å². The number of amides is 4. The Hall–Kier alpha value is -4.13. The number of fused-ring (bicyclic) bond motifs is 3. The van der Waals surface area contributed by atoms with Gasteiger partial charge < -0.3 is 20.9 Å². The Morgan fingerprint density at radius 2 is 1.68 bits per heavy atom. The van der Waals surface area contributed by atoms with Crippen LogP contribution in [0.1, 0.15) is 98.2 Å². The topological polar surface area (TPSA) is 151 Å². The number of nitrogens with one attached hydrogen (secondary N) is 3. The Kier molecular flexibility index (Phi) is 11.1. The van der Waals surface area contributed by atoms with Crippen molar-refractivity contribution in [3.05, 3.63) is 63.6 Å². The van der Waals surface area contributed by atoms with E-state index in [-0.39, 0.29) is 60.8 Å². The largest absolute Gasteiger partial charge is 0.350 e. The molecule has 1 aliphatic carbocycles. The van der Waals surface area contributed by atoms with E-state index < -0.39 is 24.0 Å². The lowest BCUT2D eigenvalue weighted by molar-refractivity contribution is -0.142. The van der Waals surface area contributed by atoms with E-state index in [1.165, 1.54) is 16.0 Å². The van der Waals surface area contributed by atoms with E-state index in [0.717, 1.165) is 24.8 Å². The Morgan fingerprint density at radius 3 is 2.34 bits per heavy atom. The normalized spacial score (nSPS) is 21.7. The summed E-state index contributed by atoms with van der Waals surface area (Å²) in [5, 5.41) is 16.2. The van der Waals surface area contributed by atoms with Gasteiger partial charge >= 0.3 is 0 Å². The summed E-state index contributed by atoms with van der Waals surface area (Å²) in [4.78, 5) is 65.4. The standard InChI is InChI=1S/C34H46N8O4S/c1-20(2)14-26-33-39-28(19-47-33)32(45)38-25(15-23-10-7-6-8-11-23)31-35-22(5)40-42(31)18-30(44)37-27(21(3)4)16-41(17-29(43)36-26)34(46)24-12-9-13-24/h6-8,10-11,19-21,24-27H,9,12-18H2,1-5H3,(H,36,43)(H,37,44)(H,38,45)/t25-,26-,27+/m0/s1. The van der Waals surface area contributed by atoms with Crippen molar-refractivity contribution in [3.63, 3.8) is 0 Å². The van der Waals surface area contributed by atoms with Gasteiger partial charge in [-0.25, -0.2) is 14.6 Å². The first-order valence-corrected chi connectivity index (χ1v) is 17.4. The highest BCUT2D eigenvalue weighted by molar-refractivity contribution is 7.09. The van der Waals surface area contributed by atoms with Gasteiger partial charge in [-0.1, -0.05) is 64.4 Å². The fourth-order valence-corrected chi connectivity index (χ4v) is 6.85. The molecule has 1 aliphatic heterocycles. The molecule has 3 heterocycles. The monoisotopic (exact) mass is 662 g/mol. The van der Waals surface area contributed by atoms with Crippen molar-refractivity contribution in [1.29, 1.82) is 0 Å². The predicted molar refractivity (Wildman–Crippen MR) is 178 cm³/mol. The van der Waals surface area contributed by atoms with Crippen LogP contribution in [0.5, 0.6) is 0 Å². The minimum Gasteiger partial charge on any atom is -0.350 e. The van der Waals surface area contributed by atoms with E-state index in [1.807, 2.05) is 44.2 Å². The summed E-state index contributed by atoms with van der Waals surface area (Å²) in [5.74, 6) is -0.0260. The number of aromatic nitrogens is 4. The second-order valence-corrected chi connectivity index (χ2v) is 14.4. The Labute approximate surface area is 280 Å². The molecule has 13 heteroatoms. The first kappa shape index (κ1) is 34.2. The fourth-order valence-electron chi connectivity index (χ4n) is 5.99. The molecule has 2 aromatic heterocycles. The van der Waals surface area contributed by atoms with Crippen molar-refractivity contribution in [1.82, 2.24) is 40.6 Å². The molecule has 0 unspecified atom stereocenters. The average molecular weight is 663 g/mol. The molecule has 12 nitrogen and oxygen atoms in total. The van der Waals surface area contributed by atoms with Gasteiger partial charge in [-0.15, -0.1) is 11.3 Å². The van der Waals surface area contributed by atoms with Crippen LogP contribution in [-0.4, -0.2) is 67.4 Å². The number of nitrogens with zero attached hydrogens (tertiary/aromatic N) is 5. The van der Waals surface area contributed by atoms with Gasteiger partial charge in [0.25, 0.3) is 5.91 Å². The molecule has 3 N–H and O–H groups in total. The van der Waals surface area contributed by atoms with Crippen molar-refractivity contribution in [3.8, 4) is 0 Å². The van der Waals surface area contributed by atoms with E-state index >= 15 is 0 Å². The average Bonchev–Trinajstić information content (AvgIpc) is 3.61. The number of hydrogen-bond donors (Lipinski definition) is 3. The molecule has 2 bridgehead atoms. The van der Waals surface area contributed by atoms with Crippen molar-refractivity contribution >= 4 is 35.0 Å². The van der Waals surface area contributed by atoms with Crippen molar-refractivity contribution in [2.24, 2.45) is 17.8 Å². The summed E-state index contributed by atoms with van der Waals surface area (Å²) < 4.78 is 1.54. The maximum absolute atomic E-state index is 13.7. The highest BCUT2D eigenvalue weighted by atomic mass is 32.1. The molecular weight excluding hydrogens is 616 g/mol. The lowest BCUT2D eigenvalue weighted by Crippen LogP contribution is -2.53. The second kappa shape index (κ2) is 15.2. The van der Waals surface area contributed by atoms with Gasteiger partial charge in [0.2, 0.25) is 17.7 Å². The van der Waals surface area contributed by atoms with Gasteiger partial charge in [0, 0.05) is 23.9 Å². The molecule has 0 saturated heterocycles. The zero-order chi connectivity index (χ0) is 33.7. The molecule has 2 aliphatic rings. The summed E-state index contributed by atoms with van der Waals surface area (Å²) in [7, 11) is 0. The number of rotatable bonds is 6. The van der Waals surface area contributed by atoms with E-state index in [4.69, 9.17) is 0 Å². The van der Waals surface area contributed by atoms with Crippen LogP contribution in [0.4, 0.5) is 0 Å². The number of benzene rings is 1. The van der Waals surface area contributed by atoms with Crippen molar-refractivity contribution in [2.75, 3.05) is 13.1 Å². The third-order valence-corrected chi connectivity index (χ3v) is 9.72. The first-order valence-electron chi connectivity index (χ1n) is 16.6. The van der Waals surface area contributed by atoms with E-state index in [9.17, 15) is 19.2 Å². The molecule has 3 aromatic rings. The molecule has 5 rings (SSSR count). The highest BCUT2D eigenvalue weighted by Crippen LogP contribution is 2.29. The quantitative estimate of drug-likeness (QED) is 0.364. The van der Waals surface area contributed by atoms with Crippen LogP contribution in [0.3, 0.4) is 0 Å². The lowest BCUT2D eigenvalue weighted by atomic mass is 9.84. The van der Waals surface area contributed by atoms with Crippen molar-refractivity contribution in [2.45, 2.75) is 91.4 Å². The first-order chi connectivity index (χ1) is 22.5. The van der Waals surface area contributed by atoms with Crippen LogP contribution in [0.25, 0.3) is 0 Å². The predicted octanol–water partition coefficient (Wildman–Crippen LogP) is 3.74. The summed E-state index contributed by atoms with van der Waals surface area (Å²) in [5.41, 5.74) is 1.21. The Bertz CT molecular complexity index is 1560. The highest BCUT2D eigenvalue weighted by Gasteiger charge is 2.34. The van der Waals surface area contributed by atoms with Gasteiger partial charge in [-0.2, -0.15) is 5.10 Å². The fraction of sp³-hybridized carbons (Fsp3) is 0.559. The number of carbonyl (C=O) groups excluding carboxylic acids is 4.